The lowest BCUT2D eigenvalue weighted by atomic mass is 9.75. The molecule has 0 aromatic carbocycles. The van der Waals surface area contributed by atoms with Gasteiger partial charge in [-0.25, -0.2) is 15.1 Å². The van der Waals surface area contributed by atoms with Crippen molar-refractivity contribution in [2.45, 2.75) is 51.5 Å². The van der Waals surface area contributed by atoms with Gasteiger partial charge < -0.3 is 31.2 Å². The smallest absolute Gasteiger partial charge is 0.426 e. The number of nitro groups is 1. The summed E-state index contributed by atoms with van der Waals surface area (Å²) in [6.45, 7) is 4.60. The number of carbonyl (C=O) groups excluding carboxylic acids is 2. The summed E-state index contributed by atoms with van der Waals surface area (Å²) >= 11 is 0. The minimum Gasteiger partial charge on any atom is -0.426 e. The van der Waals surface area contributed by atoms with Crippen LogP contribution >= 0.6 is 0 Å². The summed E-state index contributed by atoms with van der Waals surface area (Å²) in [5.41, 5.74) is 7.05. The van der Waals surface area contributed by atoms with Gasteiger partial charge in [-0.15, -0.1) is 0 Å². The molecule has 30 heavy (non-hydrogen) atoms. The number of rotatable bonds is 12. The van der Waals surface area contributed by atoms with Gasteiger partial charge in [0.2, 0.25) is 11.8 Å². The Morgan fingerprint density at radius 1 is 1.37 bits per heavy atom. The van der Waals surface area contributed by atoms with Crippen molar-refractivity contribution in [3.05, 3.63) is 10.1 Å². The second-order valence-corrected chi connectivity index (χ2v) is 7.56. The number of ether oxygens (including phenoxy) is 1. The van der Waals surface area contributed by atoms with Gasteiger partial charge in [0.15, 0.2) is 5.03 Å². The zero-order chi connectivity index (χ0) is 22.7. The van der Waals surface area contributed by atoms with E-state index in [1.54, 1.807) is 5.43 Å². The lowest BCUT2D eigenvalue weighted by Crippen LogP contribution is -2.55. The lowest BCUT2D eigenvalue weighted by molar-refractivity contribution is -0.525. The topological polar surface area (TPSA) is 201 Å². The van der Waals surface area contributed by atoms with Crippen LogP contribution in [0.3, 0.4) is 0 Å². The van der Waals surface area contributed by atoms with Crippen LogP contribution < -0.4 is 21.8 Å². The molecule has 1 fully saturated rings. The average Bonchev–Trinajstić information content (AvgIpc) is 3.17. The lowest BCUT2D eigenvalue weighted by Gasteiger charge is -2.24. The Balaban J connectivity index is 2.73. The Kier molecular flexibility index (Phi) is 11.1. The van der Waals surface area contributed by atoms with Crippen LogP contribution in [0.1, 0.15) is 39.5 Å². The molecule has 170 valence electrons. The molecule has 3 atom stereocenters. The summed E-state index contributed by atoms with van der Waals surface area (Å²) in [5, 5.41) is 33.8. The minimum atomic E-state index is -1.74. The summed E-state index contributed by atoms with van der Waals surface area (Å²) < 4.78 is 5.20. The van der Waals surface area contributed by atoms with Crippen LogP contribution in [0.25, 0.3) is 0 Å². The van der Waals surface area contributed by atoms with E-state index in [1.807, 2.05) is 13.8 Å². The van der Waals surface area contributed by atoms with E-state index in [0.717, 1.165) is 0 Å². The van der Waals surface area contributed by atoms with Crippen LogP contribution in [-0.2, 0) is 14.3 Å². The number of nitrogens with zero attached hydrogens (tertiary/aromatic N) is 2. The Hall–Kier alpha value is -2.45. The van der Waals surface area contributed by atoms with Crippen molar-refractivity contribution in [1.29, 1.82) is 0 Å². The third-order valence-electron chi connectivity index (χ3n) is 4.49. The van der Waals surface area contributed by atoms with Gasteiger partial charge >= 0.3 is 7.12 Å². The highest BCUT2D eigenvalue weighted by Crippen LogP contribution is 2.13. The molecular formula is C16H31BN6O7. The summed E-state index contributed by atoms with van der Waals surface area (Å²) in [6, 6.07) is -0.939. The zero-order valence-corrected chi connectivity index (χ0v) is 17.2. The third kappa shape index (κ3) is 9.85. The van der Waals surface area contributed by atoms with Gasteiger partial charge in [-0.1, -0.05) is 19.3 Å². The second kappa shape index (κ2) is 13.0. The van der Waals surface area contributed by atoms with Crippen LogP contribution in [-0.4, -0.2) is 71.7 Å². The molecule has 1 aliphatic heterocycles. The fraction of sp³-hybridized carbons (Fsp3) is 0.812. The molecule has 0 aromatic heterocycles. The Labute approximate surface area is 175 Å². The molecule has 1 heterocycles. The van der Waals surface area contributed by atoms with E-state index < -0.39 is 30.0 Å². The van der Waals surface area contributed by atoms with E-state index in [1.165, 1.54) is 0 Å². The molecule has 0 spiro atoms. The van der Waals surface area contributed by atoms with Gasteiger partial charge in [0.1, 0.15) is 6.04 Å². The van der Waals surface area contributed by atoms with Crippen molar-refractivity contribution < 1.29 is 29.4 Å². The Morgan fingerprint density at radius 3 is 2.60 bits per heavy atom. The largest absolute Gasteiger partial charge is 0.475 e. The summed E-state index contributed by atoms with van der Waals surface area (Å²) in [7, 11) is -1.74. The van der Waals surface area contributed by atoms with Crippen molar-refractivity contribution in [3.8, 4) is 0 Å². The highest BCUT2D eigenvalue weighted by Gasteiger charge is 2.31. The SMILES string of the molecule is CC(C)C[C@H](NC(=O)[C@H](CCCN=C(N)N[N+](=O)[O-])NC(=O)[C@@H]1CCOC1)B(O)O. The van der Waals surface area contributed by atoms with E-state index in [9.17, 15) is 29.8 Å². The minimum absolute atomic E-state index is 0.0942. The van der Waals surface area contributed by atoms with Crippen LogP contribution in [0.2, 0.25) is 0 Å². The fourth-order valence-electron chi connectivity index (χ4n) is 2.97. The van der Waals surface area contributed by atoms with Crippen molar-refractivity contribution >= 4 is 24.9 Å². The van der Waals surface area contributed by atoms with Crippen LogP contribution in [0.4, 0.5) is 0 Å². The first-order valence-electron chi connectivity index (χ1n) is 9.85. The number of carbonyl (C=O) groups is 2. The zero-order valence-electron chi connectivity index (χ0n) is 17.2. The predicted molar refractivity (Wildman–Crippen MR) is 108 cm³/mol. The predicted octanol–water partition coefficient (Wildman–Crippen LogP) is -2.07. The number of hydrogen-bond donors (Lipinski definition) is 6. The first kappa shape index (κ1) is 25.6. The highest BCUT2D eigenvalue weighted by atomic mass is 16.7. The maximum Gasteiger partial charge on any atom is 0.475 e. The molecule has 0 saturated carbocycles. The van der Waals surface area contributed by atoms with Gasteiger partial charge in [-0.2, -0.15) is 0 Å². The quantitative estimate of drug-likeness (QED) is 0.0502. The highest BCUT2D eigenvalue weighted by molar-refractivity contribution is 6.43. The van der Waals surface area contributed by atoms with E-state index in [2.05, 4.69) is 15.6 Å². The van der Waals surface area contributed by atoms with Crippen LogP contribution in [0.5, 0.6) is 0 Å². The number of nitrogens with one attached hydrogen (secondary N) is 3. The van der Waals surface area contributed by atoms with E-state index in [-0.39, 0.29) is 43.3 Å². The molecule has 0 aromatic rings. The molecule has 0 unspecified atom stereocenters. The molecule has 0 radical (unpaired) electrons. The third-order valence-corrected chi connectivity index (χ3v) is 4.49. The van der Waals surface area contributed by atoms with Crippen molar-refractivity contribution in [2.75, 3.05) is 19.8 Å². The molecule has 13 nitrogen and oxygen atoms in total. The molecule has 1 rings (SSSR count). The summed E-state index contributed by atoms with van der Waals surface area (Å²) in [4.78, 5) is 39.2. The molecule has 7 N–H and O–H groups in total. The van der Waals surface area contributed by atoms with Gasteiger partial charge in [0, 0.05) is 13.2 Å². The number of hydrogen-bond acceptors (Lipinski definition) is 8. The molecule has 14 heteroatoms. The Morgan fingerprint density at radius 2 is 2.07 bits per heavy atom. The number of hydrazine groups is 1. The number of aliphatic imine (C=N–C) groups is 1. The first-order valence-corrected chi connectivity index (χ1v) is 9.85. The maximum atomic E-state index is 12.7. The monoisotopic (exact) mass is 430 g/mol. The average molecular weight is 430 g/mol. The second-order valence-electron chi connectivity index (χ2n) is 7.56. The van der Waals surface area contributed by atoms with Gasteiger partial charge in [-0.3, -0.25) is 9.59 Å². The van der Waals surface area contributed by atoms with E-state index in [0.29, 0.717) is 25.9 Å². The van der Waals surface area contributed by atoms with Crippen LogP contribution in [0, 0.1) is 22.0 Å². The van der Waals surface area contributed by atoms with Crippen molar-refractivity contribution in [1.82, 2.24) is 16.1 Å². The molecular weight excluding hydrogens is 399 g/mol. The number of nitrogens with two attached hydrogens (primary N) is 1. The van der Waals surface area contributed by atoms with Crippen molar-refractivity contribution in [2.24, 2.45) is 22.6 Å². The fourth-order valence-corrected chi connectivity index (χ4v) is 2.97. The first-order chi connectivity index (χ1) is 14.1. The maximum absolute atomic E-state index is 12.7. The molecule has 1 saturated heterocycles. The number of guanidine groups is 1. The van der Waals surface area contributed by atoms with Crippen LogP contribution in [0.15, 0.2) is 4.99 Å². The van der Waals surface area contributed by atoms with Gasteiger partial charge in [-0.05, 0) is 31.6 Å². The normalized spacial score (nSPS) is 18.6. The van der Waals surface area contributed by atoms with Gasteiger partial charge in [0.25, 0.3) is 5.96 Å². The molecule has 0 aliphatic carbocycles. The van der Waals surface area contributed by atoms with Gasteiger partial charge in [0.05, 0.1) is 18.5 Å². The molecule has 2 amide bonds. The number of amides is 2. The Bertz CT molecular complexity index is 613. The standard InChI is InChI=1S/C16H31BN6O7/c1-10(2)8-13(17(26)27)21-15(25)12(20-14(24)11-5-7-30-9-11)4-3-6-19-16(18)22-23(28)29/h10-13,26-27H,3-9H2,1-2H3,(H,20,24)(H,21,25)(H3,18,19,22)/t11-,12+,13+/m1/s1. The van der Waals surface area contributed by atoms with E-state index in [4.69, 9.17) is 10.5 Å². The molecule has 1 aliphatic rings. The molecule has 0 bridgehead atoms. The summed E-state index contributed by atoms with van der Waals surface area (Å²) in [6.07, 6.45) is 1.37. The van der Waals surface area contributed by atoms with E-state index >= 15 is 0 Å². The van der Waals surface area contributed by atoms with Crippen molar-refractivity contribution in [3.63, 3.8) is 0 Å². The summed E-state index contributed by atoms with van der Waals surface area (Å²) in [5.74, 6) is -2.38.